The molecule has 0 atom stereocenters. The van der Waals surface area contributed by atoms with Crippen molar-refractivity contribution in [2.75, 3.05) is 7.11 Å². The van der Waals surface area contributed by atoms with Gasteiger partial charge in [-0.1, -0.05) is 13.0 Å². The molecule has 1 amide bonds. The van der Waals surface area contributed by atoms with E-state index in [4.69, 9.17) is 4.84 Å². The summed E-state index contributed by atoms with van der Waals surface area (Å²) < 4.78 is 0. The zero-order valence-electron chi connectivity index (χ0n) is 8.82. The molecule has 2 aliphatic rings. The molecule has 0 aromatic carbocycles. The summed E-state index contributed by atoms with van der Waals surface area (Å²) in [6, 6.07) is 0. The highest BCUT2D eigenvalue weighted by Gasteiger charge is 2.43. The Kier molecular flexibility index (Phi) is 2.35. The molecule has 1 aliphatic carbocycles. The number of carbonyl (C=O) groups is 1. The number of nitrogens with zero attached hydrogens (tertiary/aromatic N) is 1. The van der Waals surface area contributed by atoms with Gasteiger partial charge in [0.2, 0.25) is 0 Å². The van der Waals surface area contributed by atoms with E-state index < -0.39 is 0 Å². The summed E-state index contributed by atoms with van der Waals surface area (Å²) in [4.78, 5) is 16.6. The van der Waals surface area contributed by atoms with E-state index in [-0.39, 0.29) is 11.4 Å². The molecule has 1 aliphatic heterocycles. The van der Waals surface area contributed by atoms with Crippen LogP contribution in [-0.2, 0) is 9.63 Å². The highest BCUT2D eigenvalue weighted by Crippen LogP contribution is 2.40. The molecule has 1 saturated carbocycles. The molecule has 1 spiro atoms. The SMILES string of the molecule is CON1C(=O)C=CC12CCC(C)CC2. The third-order valence-corrected chi connectivity index (χ3v) is 3.46. The lowest BCUT2D eigenvalue weighted by molar-refractivity contribution is -0.196. The van der Waals surface area contributed by atoms with E-state index in [1.165, 1.54) is 12.8 Å². The second-order valence-corrected chi connectivity index (χ2v) is 4.43. The van der Waals surface area contributed by atoms with Gasteiger partial charge in [-0.2, -0.15) is 0 Å². The van der Waals surface area contributed by atoms with E-state index in [0.717, 1.165) is 18.8 Å². The Morgan fingerprint density at radius 3 is 2.71 bits per heavy atom. The maximum Gasteiger partial charge on any atom is 0.270 e. The summed E-state index contributed by atoms with van der Waals surface area (Å²) in [6.07, 6.45) is 8.08. The number of rotatable bonds is 1. The van der Waals surface area contributed by atoms with Crippen LogP contribution in [0.4, 0.5) is 0 Å². The van der Waals surface area contributed by atoms with Gasteiger partial charge in [-0.3, -0.25) is 9.63 Å². The van der Waals surface area contributed by atoms with Gasteiger partial charge in [-0.25, -0.2) is 5.06 Å². The van der Waals surface area contributed by atoms with Crippen LogP contribution >= 0.6 is 0 Å². The molecule has 0 N–H and O–H groups in total. The van der Waals surface area contributed by atoms with Crippen molar-refractivity contribution in [3.05, 3.63) is 12.2 Å². The molecule has 3 nitrogen and oxygen atoms in total. The van der Waals surface area contributed by atoms with Crippen LogP contribution in [0.1, 0.15) is 32.6 Å². The van der Waals surface area contributed by atoms with Gasteiger partial charge in [0.15, 0.2) is 0 Å². The Morgan fingerprint density at radius 2 is 2.14 bits per heavy atom. The van der Waals surface area contributed by atoms with Gasteiger partial charge in [0.25, 0.3) is 5.91 Å². The standard InChI is InChI=1S/C11H17NO2/c1-9-3-6-11(7-4-9)8-5-10(13)12(11)14-2/h5,8-9H,3-4,6-7H2,1-2H3. The van der Waals surface area contributed by atoms with Crippen LogP contribution in [0.5, 0.6) is 0 Å². The van der Waals surface area contributed by atoms with Crippen molar-refractivity contribution >= 4 is 5.91 Å². The zero-order chi connectivity index (χ0) is 10.2. The largest absolute Gasteiger partial charge is 0.273 e. The van der Waals surface area contributed by atoms with Crippen LogP contribution in [-0.4, -0.2) is 23.6 Å². The third-order valence-electron chi connectivity index (χ3n) is 3.46. The zero-order valence-corrected chi connectivity index (χ0v) is 8.82. The fourth-order valence-electron chi connectivity index (χ4n) is 2.48. The van der Waals surface area contributed by atoms with E-state index in [2.05, 4.69) is 6.92 Å². The molecular weight excluding hydrogens is 178 g/mol. The van der Waals surface area contributed by atoms with Crippen molar-refractivity contribution in [2.45, 2.75) is 38.1 Å². The maximum atomic E-state index is 11.5. The van der Waals surface area contributed by atoms with Crippen molar-refractivity contribution in [3.63, 3.8) is 0 Å². The van der Waals surface area contributed by atoms with E-state index in [9.17, 15) is 4.79 Å². The Balaban J connectivity index is 2.16. The molecule has 0 saturated heterocycles. The Labute approximate surface area is 84.7 Å². The molecular formula is C11H17NO2. The van der Waals surface area contributed by atoms with Gasteiger partial charge in [0.05, 0.1) is 12.6 Å². The monoisotopic (exact) mass is 195 g/mol. The first-order valence-electron chi connectivity index (χ1n) is 5.25. The quantitative estimate of drug-likeness (QED) is 0.639. The second-order valence-electron chi connectivity index (χ2n) is 4.43. The van der Waals surface area contributed by atoms with Crippen molar-refractivity contribution in [3.8, 4) is 0 Å². The summed E-state index contributed by atoms with van der Waals surface area (Å²) in [6.45, 7) is 2.27. The molecule has 2 rings (SSSR count). The van der Waals surface area contributed by atoms with Gasteiger partial charge < -0.3 is 0 Å². The molecule has 0 aromatic heterocycles. The lowest BCUT2D eigenvalue weighted by atomic mass is 9.78. The third kappa shape index (κ3) is 1.36. The van der Waals surface area contributed by atoms with Crippen molar-refractivity contribution in [1.29, 1.82) is 0 Å². The van der Waals surface area contributed by atoms with Crippen LogP contribution in [0.3, 0.4) is 0 Å². The minimum absolute atomic E-state index is 0.0120. The van der Waals surface area contributed by atoms with Gasteiger partial charge in [0, 0.05) is 6.08 Å². The smallest absolute Gasteiger partial charge is 0.270 e. The Hall–Kier alpha value is -0.830. The van der Waals surface area contributed by atoms with Crippen LogP contribution in [0.15, 0.2) is 12.2 Å². The minimum Gasteiger partial charge on any atom is -0.273 e. The fourth-order valence-corrected chi connectivity index (χ4v) is 2.48. The van der Waals surface area contributed by atoms with Crippen LogP contribution < -0.4 is 0 Å². The molecule has 0 unspecified atom stereocenters. The summed E-state index contributed by atoms with van der Waals surface area (Å²) in [5, 5.41) is 1.54. The van der Waals surface area contributed by atoms with E-state index in [1.54, 1.807) is 18.2 Å². The predicted molar refractivity (Wildman–Crippen MR) is 53.4 cm³/mol. The lowest BCUT2D eigenvalue weighted by Crippen LogP contribution is -2.47. The number of hydroxylamine groups is 2. The second kappa shape index (κ2) is 3.39. The average molecular weight is 195 g/mol. The van der Waals surface area contributed by atoms with Crippen LogP contribution in [0.25, 0.3) is 0 Å². The number of hydrogen-bond donors (Lipinski definition) is 0. The van der Waals surface area contributed by atoms with Gasteiger partial charge in [-0.15, -0.1) is 0 Å². The van der Waals surface area contributed by atoms with E-state index in [1.807, 2.05) is 6.08 Å². The Morgan fingerprint density at radius 1 is 1.50 bits per heavy atom. The van der Waals surface area contributed by atoms with Gasteiger partial charge in [0.1, 0.15) is 0 Å². The summed E-state index contributed by atoms with van der Waals surface area (Å²) >= 11 is 0. The normalized spacial score (nSPS) is 37.1. The first-order valence-corrected chi connectivity index (χ1v) is 5.25. The highest BCUT2D eigenvalue weighted by molar-refractivity contribution is 5.90. The van der Waals surface area contributed by atoms with Crippen molar-refractivity contribution in [2.24, 2.45) is 5.92 Å². The first-order chi connectivity index (χ1) is 6.68. The van der Waals surface area contributed by atoms with E-state index in [0.29, 0.717) is 0 Å². The van der Waals surface area contributed by atoms with Crippen molar-refractivity contribution in [1.82, 2.24) is 5.06 Å². The maximum absolute atomic E-state index is 11.5. The summed E-state index contributed by atoms with van der Waals surface area (Å²) in [5.74, 6) is 0.769. The van der Waals surface area contributed by atoms with Crippen LogP contribution in [0, 0.1) is 5.92 Å². The molecule has 1 fully saturated rings. The first kappa shape index (κ1) is 9.71. The molecule has 3 heteroatoms. The van der Waals surface area contributed by atoms with Gasteiger partial charge >= 0.3 is 0 Å². The Bertz CT molecular complexity index is 264. The topological polar surface area (TPSA) is 29.5 Å². The number of carbonyl (C=O) groups excluding carboxylic acids is 1. The van der Waals surface area contributed by atoms with Gasteiger partial charge in [-0.05, 0) is 31.6 Å². The lowest BCUT2D eigenvalue weighted by Gasteiger charge is -2.40. The molecule has 1 heterocycles. The van der Waals surface area contributed by atoms with Crippen molar-refractivity contribution < 1.29 is 9.63 Å². The van der Waals surface area contributed by atoms with Crippen LogP contribution in [0.2, 0.25) is 0 Å². The van der Waals surface area contributed by atoms with E-state index >= 15 is 0 Å². The predicted octanol–water partition coefficient (Wildman–Crippen LogP) is 1.90. The molecule has 0 bridgehead atoms. The molecule has 0 aromatic rings. The summed E-state index contributed by atoms with van der Waals surface area (Å²) in [7, 11) is 1.57. The summed E-state index contributed by atoms with van der Waals surface area (Å²) in [5.41, 5.74) is -0.127. The minimum atomic E-state index is -0.127. The number of hydrogen-bond acceptors (Lipinski definition) is 2. The molecule has 78 valence electrons. The molecule has 14 heavy (non-hydrogen) atoms. The average Bonchev–Trinajstić information content (AvgIpc) is 2.49. The molecule has 0 radical (unpaired) electrons. The number of amides is 1. The fraction of sp³-hybridized carbons (Fsp3) is 0.727. The highest BCUT2D eigenvalue weighted by atomic mass is 16.7.